The van der Waals surface area contributed by atoms with E-state index in [1.54, 1.807) is 31.5 Å². The molecule has 0 unspecified atom stereocenters. The number of aromatic nitrogens is 2. The predicted molar refractivity (Wildman–Crippen MR) is 157 cm³/mol. The summed E-state index contributed by atoms with van der Waals surface area (Å²) >= 11 is 0. The zero-order valence-corrected chi connectivity index (χ0v) is 23.7. The Bertz CT molecular complexity index is 1790. The van der Waals surface area contributed by atoms with Gasteiger partial charge in [-0.2, -0.15) is 5.90 Å². The quantitative estimate of drug-likeness (QED) is 0.330. The van der Waals surface area contributed by atoms with Crippen molar-refractivity contribution in [1.82, 2.24) is 14.9 Å². The topological polar surface area (TPSA) is 134 Å². The van der Waals surface area contributed by atoms with E-state index in [1.165, 1.54) is 6.20 Å². The van der Waals surface area contributed by atoms with Gasteiger partial charge in [0.2, 0.25) is 0 Å². The second kappa shape index (κ2) is 10.5. The number of rotatable bonds is 5. The Labute approximate surface area is 247 Å². The molecular formula is C33H30N4O6. The fourth-order valence-corrected chi connectivity index (χ4v) is 6.28. The monoisotopic (exact) mass is 578 g/mol. The molecule has 1 spiro atoms. The van der Waals surface area contributed by atoms with Gasteiger partial charge in [-0.15, -0.1) is 0 Å². The van der Waals surface area contributed by atoms with Gasteiger partial charge in [-0.25, -0.2) is 4.79 Å². The van der Waals surface area contributed by atoms with Gasteiger partial charge in [-0.1, -0.05) is 6.07 Å². The molecule has 2 aliphatic heterocycles. The Morgan fingerprint density at radius 3 is 2.56 bits per heavy atom. The van der Waals surface area contributed by atoms with E-state index in [9.17, 15) is 14.4 Å². The number of Topliss-reactive ketones (excluding diaryl/α,β-unsaturated/α-hetero) is 1. The Morgan fingerprint density at radius 2 is 1.81 bits per heavy atom. The number of piperidine rings is 1. The number of hydrogen-bond donors (Lipinski definition) is 1. The lowest BCUT2D eigenvalue weighted by Gasteiger charge is -2.44. The maximum absolute atomic E-state index is 13.7. The van der Waals surface area contributed by atoms with Crippen molar-refractivity contribution in [3.05, 3.63) is 83.4 Å². The van der Waals surface area contributed by atoms with Gasteiger partial charge >= 0.3 is 5.97 Å². The number of carbonyl (C=O) groups is 3. The third-order valence-corrected chi connectivity index (χ3v) is 8.77. The number of pyridine rings is 2. The van der Waals surface area contributed by atoms with Crippen LogP contribution >= 0.6 is 0 Å². The zero-order valence-electron chi connectivity index (χ0n) is 23.7. The largest absolute Gasteiger partial charge is 0.496 e. The SMILES string of the molecule is COc1cc(C(=O)N2CCC3(CC2)CC(=O)c2cc(-c4cncc(C(=O)ON)c4)ccc2O3)cc2c(C3CC3)nccc12. The standard InChI is InChI=1S/C33H30N4O6/c1-41-29-15-21(14-25-24(29)6-9-36-30(25)19-2-3-19)31(39)37-10-7-33(8-11-37)16-27(38)26-13-20(4-5-28(26)42-33)22-12-23(18-35-17-22)32(40)43-34/h4-6,9,12-15,17-19H,2-3,7-8,10-11,16,34H2,1H3. The fraction of sp³-hybridized carbons (Fsp3) is 0.303. The highest BCUT2D eigenvalue weighted by molar-refractivity contribution is 6.03. The summed E-state index contributed by atoms with van der Waals surface area (Å²) in [4.78, 5) is 53.8. The van der Waals surface area contributed by atoms with Gasteiger partial charge in [0.25, 0.3) is 5.91 Å². The Kier molecular flexibility index (Phi) is 6.58. The molecule has 1 aliphatic carbocycles. The summed E-state index contributed by atoms with van der Waals surface area (Å²) in [5, 5.41) is 1.94. The van der Waals surface area contributed by atoms with E-state index < -0.39 is 11.6 Å². The van der Waals surface area contributed by atoms with Crippen molar-refractivity contribution < 1.29 is 28.7 Å². The van der Waals surface area contributed by atoms with Crippen LogP contribution in [-0.4, -0.2) is 58.3 Å². The number of ketones is 1. The number of nitrogens with two attached hydrogens (primary N) is 1. The molecule has 2 N–H and O–H groups in total. The van der Waals surface area contributed by atoms with Crippen LogP contribution in [0.4, 0.5) is 0 Å². The smallest absolute Gasteiger partial charge is 0.358 e. The zero-order chi connectivity index (χ0) is 29.7. The van der Waals surface area contributed by atoms with Crippen molar-refractivity contribution in [2.24, 2.45) is 5.90 Å². The van der Waals surface area contributed by atoms with E-state index in [0.717, 1.165) is 34.9 Å². The third kappa shape index (κ3) is 4.87. The van der Waals surface area contributed by atoms with Crippen LogP contribution in [0.25, 0.3) is 21.9 Å². The van der Waals surface area contributed by atoms with Crippen molar-refractivity contribution in [2.75, 3.05) is 20.2 Å². The van der Waals surface area contributed by atoms with Crippen molar-refractivity contribution in [2.45, 2.75) is 43.6 Å². The number of methoxy groups -OCH3 is 1. The highest BCUT2D eigenvalue weighted by Gasteiger charge is 2.44. The molecule has 0 bridgehead atoms. The molecule has 1 saturated carbocycles. The molecule has 2 aromatic carbocycles. The molecule has 43 heavy (non-hydrogen) atoms. The summed E-state index contributed by atoms with van der Waals surface area (Å²) in [6, 6.07) is 12.7. The van der Waals surface area contributed by atoms with Crippen LogP contribution in [0.5, 0.6) is 11.5 Å². The summed E-state index contributed by atoms with van der Waals surface area (Å²) in [5.74, 6) is 5.84. The molecule has 218 valence electrons. The third-order valence-electron chi connectivity index (χ3n) is 8.77. The molecule has 4 heterocycles. The van der Waals surface area contributed by atoms with E-state index >= 15 is 0 Å². The van der Waals surface area contributed by atoms with Crippen molar-refractivity contribution in [3.63, 3.8) is 0 Å². The van der Waals surface area contributed by atoms with Gasteiger partial charge in [-0.05, 0) is 54.8 Å². The number of carbonyl (C=O) groups excluding carboxylic acids is 3. The van der Waals surface area contributed by atoms with E-state index in [2.05, 4.69) is 14.8 Å². The van der Waals surface area contributed by atoms with E-state index in [-0.39, 0.29) is 23.7 Å². The molecular weight excluding hydrogens is 548 g/mol. The summed E-state index contributed by atoms with van der Waals surface area (Å²) < 4.78 is 12.2. The minimum Gasteiger partial charge on any atom is -0.496 e. The second-order valence-electron chi connectivity index (χ2n) is 11.5. The molecule has 4 aromatic rings. The van der Waals surface area contributed by atoms with Crippen LogP contribution in [0.1, 0.15) is 74.8 Å². The van der Waals surface area contributed by atoms with Gasteiger partial charge < -0.3 is 19.2 Å². The number of ether oxygens (including phenoxy) is 2. The van der Waals surface area contributed by atoms with Crippen LogP contribution in [0.2, 0.25) is 0 Å². The molecule has 2 aromatic heterocycles. The number of amides is 1. The normalized spacial score (nSPS) is 17.3. The molecule has 3 aliphatic rings. The molecule has 10 nitrogen and oxygen atoms in total. The Morgan fingerprint density at radius 1 is 1.00 bits per heavy atom. The van der Waals surface area contributed by atoms with Crippen molar-refractivity contribution in [1.29, 1.82) is 0 Å². The molecule has 1 saturated heterocycles. The molecule has 1 amide bonds. The Hall–Kier alpha value is -4.83. The van der Waals surface area contributed by atoms with Crippen LogP contribution in [0.15, 0.2) is 61.1 Å². The predicted octanol–water partition coefficient (Wildman–Crippen LogP) is 4.85. The lowest BCUT2D eigenvalue weighted by molar-refractivity contribution is -0.00571. The van der Waals surface area contributed by atoms with Crippen molar-refractivity contribution >= 4 is 28.4 Å². The average molecular weight is 579 g/mol. The maximum atomic E-state index is 13.7. The molecule has 2 fully saturated rings. The summed E-state index contributed by atoms with van der Waals surface area (Å²) in [7, 11) is 1.62. The summed E-state index contributed by atoms with van der Waals surface area (Å²) in [6.07, 6.45) is 8.31. The Balaban J connectivity index is 1.09. The highest BCUT2D eigenvalue weighted by Crippen LogP contribution is 2.44. The first-order valence-electron chi connectivity index (χ1n) is 14.4. The van der Waals surface area contributed by atoms with E-state index in [1.807, 2.05) is 35.4 Å². The number of benzene rings is 2. The number of nitrogens with zero attached hydrogens (tertiary/aromatic N) is 3. The van der Waals surface area contributed by atoms with E-state index in [0.29, 0.717) is 60.0 Å². The van der Waals surface area contributed by atoms with Gasteiger partial charge in [0.05, 0.1) is 30.4 Å². The van der Waals surface area contributed by atoms with Gasteiger partial charge in [0.15, 0.2) is 5.78 Å². The number of hydrogen-bond acceptors (Lipinski definition) is 9. The summed E-state index contributed by atoms with van der Waals surface area (Å²) in [5.41, 5.74) is 3.00. The fourth-order valence-electron chi connectivity index (χ4n) is 6.28. The first-order chi connectivity index (χ1) is 20.9. The first kappa shape index (κ1) is 27.0. The molecule has 7 rings (SSSR count). The molecule has 0 radical (unpaired) electrons. The van der Waals surface area contributed by atoms with E-state index in [4.69, 9.17) is 15.4 Å². The van der Waals surface area contributed by atoms with Crippen LogP contribution in [0, 0.1) is 0 Å². The van der Waals surface area contributed by atoms with Crippen LogP contribution in [0.3, 0.4) is 0 Å². The highest BCUT2D eigenvalue weighted by atomic mass is 16.7. The van der Waals surface area contributed by atoms with Gasteiger partial charge in [0, 0.05) is 72.3 Å². The lowest BCUT2D eigenvalue weighted by Crippen LogP contribution is -2.52. The average Bonchev–Trinajstić information content (AvgIpc) is 3.89. The van der Waals surface area contributed by atoms with Crippen LogP contribution < -0.4 is 15.4 Å². The van der Waals surface area contributed by atoms with Gasteiger partial charge in [-0.3, -0.25) is 19.6 Å². The second-order valence-corrected chi connectivity index (χ2v) is 11.5. The van der Waals surface area contributed by atoms with Crippen LogP contribution in [-0.2, 0) is 4.84 Å². The minimum atomic E-state index is -0.696. The number of likely N-dealkylation sites (tertiary alicyclic amines) is 1. The molecule has 0 atom stereocenters. The number of fused-ring (bicyclic) bond motifs is 2. The van der Waals surface area contributed by atoms with Gasteiger partial charge in [0.1, 0.15) is 17.1 Å². The lowest BCUT2D eigenvalue weighted by atomic mass is 9.82. The first-order valence-corrected chi connectivity index (χ1v) is 14.4. The molecule has 10 heteroatoms. The maximum Gasteiger partial charge on any atom is 0.358 e. The summed E-state index contributed by atoms with van der Waals surface area (Å²) in [6.45, 7) is 0.941. The van der Waals surface area contributed by atoms with Crippen molar-refractivity contribution in [3.8, 4) is 22.6 Å². The minimum absolute atomic E-state index is 0.0206.